The SMILES string of the molecule is COCc1cc(NC(=O)C2CC(=O)N(C3CC3)C2)cc(C(=O)O)c1. The van der Waals surface area contributed by atoms with Crippen LogP contribution in [-0.4, -0.2) is 47.5 Å². The third kappa shape index (κ3) is 3.56. The molecule has 2 amide bonds. The number of carboxylic acid groups (broad SMARTS) is 1. The van der Waals surface area contributed by atoms with Crippen LogP contribution in [0.15, 0.2) is 18.2 Å². The van der Waals surface area contributed by atoms with Crippen LogP contribution in [0.25, 0.3) is 0 Å². The molecule has 1 unspecified atom stereocenters. The van der Waals surface area contributed by atoms with Gasteiger partial charge in [0, 0.05) is 31.8 Å². The number of ether oxygens (including phenoxy) is 1. The van der Waals surface area contributed by atoms with Crippen molar-refractivity contribution in [1.82, 2.24) is 4.90 Å². The minimum absolute atomic E-state index is 0.0250. The number of rotatable bonds is 6. The van der Waals surface area contributed by atoms with Gasteiger partial charge < -0.3 is 20.1 Å². The highest BCUT2D eigenvalue weighted by atomic mass is 16.5. The molecule has 1 heterocycles. The summed E-state index contributed by atoms with van der Waals surface area (Å²) in [5.74, 6) is -1.69. The zero-order chi connectivity index (χ0) is 17.3. The molecule has 0 bridgehead atoms. The smallest absolute Gasteiger partial charge is 0.335 e. The van der Waals surface area contributed by atoms with Gasteiger partial charge in [0.15, 0.2) is 0 Å². The molecule has 1 aliphatic carbocycles. The van der Waals surface area contributed by atoms with E-state index < -0.39 is 11.9 Å². The fourth-order valence-electron chi connectivity index (χ4n) is 3.03. The summed E-state index contributed by atoms with van der Waals surface area (Å²) in [6.07, 6.45) is 2.24. The van der Waals surface area contributed by atoms with Crippen LogP contribution in [0.1, 0.15) is 35.2 Å². The fraction of sp³-hybridized carbons (Fsp3) is 0.471. The molecule has 2 N–H and O–H groups in total. The lowest BCUT2D eigenvalue weighted by Gasteiger charge is -2.15. The molecular formula is C17H20N2O5. The van der Waals surface area contributed by atoms with E-state index in [1.807, 2.05) is 0 Å². The van der Waals surface area contributed by atoms with Gasteiger partial charge in [-0.25, -0.2) is 4.79 Å². The zero-order valence-electron chi connectivity index (χ0n) is 13.4. The van der Waals surface area contributed by atoms with E-state index in [0.717, 1.165) is 12.8 Å². The van der Waals surface area contributed by atoms with Crippen molar-refractivity contribution < 1.29 is 24.2 Å². The summed E-state index contributed by atoms with van der Waals surface area (Å²) in [6.45, 7) is 0.695. The Balaban J connectivity index is 1.71. The number of likely N-dealkylation sites (tertiary alicyclic amines) is 1. The number of hydrogen-bond donors (Lipinski definition) is 2. The Morgan fingerprint density at radius 2 is 2.08 bits per heavy atom. The average Bonchev–Trinajstić information content (AvgIpc) is 3.29. The van der Waals surface area contributed by atoms with Crippen molar-refractivity contribution in [3.8, 4) is 0 Å². The van der Waals surface area contributed by atoms with Crippen LogP contribution in [0.4, 0.5) is 5.69 Å². The van der Waals surface area contributed by atoms with Crippen molar-refractivity contribution in [2.24, 2.45) is 5.92 Å². The molecule has 0 spiro atoms. The number of methoxy groups -OCH3 is 1. The predicted molar refractivity (Wildman–Crippen MR) is 85.6 cm³/mol. The van der Waals surface area contributed by atoms with Crippen molar-refractivity contribution in [2.75, 3.05) is 19.0 Å². The molecule has 2 fully saturated rings. The molecule has 0 radical (unpaired) electrons. The topological polar surface area (TPSA) is 95.9 Å². The van der Waals surface area contributed by atoms with E-state index in [2.05, 4.69) is 5.32 Å². The van der Waals surface area contributed by atoms with Crippen molar-refractivity contribution in [3.05, 3.63) is 29.3 Å². The maximum Gasteiger partial charge on any atom is 0.335 e. The van der Waals surface area contributed by atoms with E-state index >= 15 is 0 Å². The minimum Gasteiger partial charge on any atom is -0.478 e. The predicted octanol–water partition coefficient (Wildman–Crippen LogP) is 1.48. The third-order valence-corrected chi connectivity index (χ3v) is 4.34. The van der Waals surface area contributed by atoms with E-state index in [4.69, 9.17) is 4.74 Å². The number of carbonyl (C=O) groups excluding carboxylic acids is 2. The number of nitrogens with one attached hydrogen (secondary N) is 1. The molecule has 7 nitrogen and oxygen atoms in total. The van der Waals surface area contributed by atoms with E-state index in [9.17, 15) is 19.5 Å². The molecule has 7 heteroatoms. The van der Waals surface area contributed by atoms with Gasteiger partial charge in [0.05, 0.1) is 18.1 Å². The molecule has 1 aromatic carbocycles. The Morgan fingerprint density at radius 3 is 2.71 bits per heavy atom. The van der Waals surface area contributed by atoms with Gasteiger partial charge in [-0.15, -0.1) is 0 Å². The van der Waals surface area contributed by atoms with E-state index in [1.54, 1.807) is 11.0 Å². The second kappa shape index (κ2) is 6.60. The maximum absolute atomic E-state index is 12.4. The van der Waals surface area contributed by atoms with Crippen molar-refractivity contribution >= 4 is 23.5 Å². The van der Waals surface area contributed by atoms with Gasteiger partial charge in [-0.2, -0.15) is 0 Å². The van der Waals surface area contributed by atoms with Gasteiger partial charge in [0.1, 0.15) is 0 Å². The standard InChI is InChI=1S/C17H20N2O5/c1-24-9-10-4-11(17(22)23)6-13(5-10)18-16(21)12-7-15(20)19(8-12)14-2-3-14/h4-6,12,14H,2-3,7-9H2,1H3,(H,18,21)(H,22,23). The highest BCUT2D eigenvalue weighted by molar-refractivity contribution is 5.98. The Morgan fingerprint density at radius 1 is 1.33 bits per heavy atom. The third-order valence-electron chi connectivity index (χ3n) is 4.34. The van der Waals surface area contributed by atoms with Crippen LogP contribution in [0.3, 0.4) is 0 Å². The highest BCUT2D eigenvalue weighted by Gasteiger charge is 2.41. The van der Waals surface area contributed by atoms with Gasteiger partial charge in [-0.3, -0.25) is 9.59 Å². The van der Waals surface area contributed by atoms with Crippen LogP contribution in [0.2, 0.25) is 0 Å². The van der Waals surface area contributed by atoms with Crippen LogP contribution in [-0.2, 0) is 20.9 Å². The second-order valence-electron chi connectivity index (χ2n) is 6.32. The van der Waals surface area contributed by atoms with E-state index in [-0.39, 0.29) is 30.4 Å². The summed E-state index contributed by atoms with van der Waals surface area (Å²) >= 11 is 0. The first-order valence-corrected chi connectivity index (χ1v) is 7.94. The summed E-state index contributed by atoms with van der Waals surface area (Å²) < 4.78 is 5.03. The largest absolute Gasteiger partial charge is 0.478 e. The molecule has 1 atom stereocenters. The number of anilines is 1. The van der Waals surface area contributed by atoms with Crippen LogP contribution >= 0.6 is 0 Å². The monoisotopic (exact) mass is 332 g/mol. The fourth-order valence-corrected chi connectivity index (χ4v) is 3.03. The molecule has 2 aliphatic rings. The second-order valence-corrected chi connectivity index (χ2v) is 6.32. The molecule has 128 valence electrons. The first-order valence-electron chi connectivity index (χ1n) is 7.94. The number of benzene rings is 1. The molecular weight excluding hydrogens is 312 g/mol. The molecule has 3 rings (SSSR count). The number of carboxylic acids is 1. The van der Waals surface area contributed by atoms with E-state index in [0.29, 0.717) is 23.8 Å². The van der Waals surface area contributed by atoms with Crippen molar-refractivity contribution in [2.45, 2.75) is 31.9 Å². The molecule has 1 aromatic rings. The first-order chi connectivity index (χ1) is 11.5. The Bertz CT molecular complexity index is 684. The van der Waals surface area contributed by atoms with Crippen LogP contribution in [0, 0.1) is 5.92 Å². The summed E-state index contributed by atoms with van der Waals surface area (Å²) in [5.41, 5.74) is 1.15. The highest BCUT2D eigenvalue weighted by Crippen LogP contribution is 2.33. The Kier molecular flexibility index (Phi) is 4.53. The van der Waals surface area contributed by atoms with Gasteiger partial charge >= 0.3 is 5.97 Å². The summed E-state index contributed by atoms with van der Waals surface area (Å²) in [7, 11) is 1.52. The Hall–Kier alpha value is -2.41. The van der Waals surface area contributed by atoms with Crippen LogP contribution in [0.5, 0.6) is 0 Å². The molecule has 1 aliphatic heterocycles. The van der Waals surface area contributed by atoms with Crippen LogP contribution < -0.4 is 5.32 Å². The van der Waals surface area contributed by atoms with Gasteiger partial charge in [-0.05, 0) is 36.6 Å². The minimum atomic E-state index is -1.07. The number of amides is 2. The first kappa shape index (κ1) is 16.4. The number of aromatic carboxylic acids is 1. The lowest BCUT2D eigenvalue weighted by Crippen LogP contribution is -2.29. The number of carbonyl (C=O) groups is 3. The summed E-state index contributed by atoms with van der Waals surface area (Å²) in [4.78, 5) is 37.4. The summed E-state index contributed by atoms with van der Waals surface area (Å²) in [6, 6.07) is 4.91. The van der Waals surface area contributed by atoms with E-state index in [1.165, 1.54) is 19.2 Å². The van der Waals surface area contributed by atoms with Crippen molar-refractivity contribution in [3.63, 3.8) is 0 Å². The number of hydrogen-bond acceptors (Lipinski definition) is 4. The molecule has 1 saturated heterocycles. The normalized spacial score (nSPS) is 20.3. The molecule has 0 aromatic heterocycles. The quantitative estimate of drug-likeness (QED) is 0.822. The van der Waals surface area contributed by atoms with Gasteiger partial charge in [-0.1, -0.05) is 0 Å². The molecule has 1 saturated carbocycles. The average molecular weight is 332 g/mol. The van der Waals surface area contributed by atoms with Gasteiger partial charge in [0.25, 0.3) is 0 Å². The zero-order valence-corrected chi connectivity index (χ0v) is 13.4. The maximum atomic E-state index is 12.4. The van der Waals surface area contributed by atoms with Crippen molar-refractivity contribution in [1.29, 1.82) is 0 Å². The van der Waals surface area contributed by atoms with Gasteiger partial charge in [0.2, 0.25) is 11.8 Å². The lowest BCUT2D eigenvalue weighted by atomic mass is 10.1. The lowest BCUT2D eigenvalue weighted by molar-refractivity contribution is -0.128. The Labute approximate surface area is 139 Å². The number of nitrogens with zero attached hydrogens (tertiary/aromatic N) is 1. The summed E-state index contributed by atoms with van der Waals surface area (Å²) in [5, 5.41) is 11.9. The molecule has 24 heavy (non-hydrogen) atoms.